The van der Waals surface area contributed by atoms with E-state index in [0.717, 1.165) is 5.56 Å². The third-order valence-corrected chi connectivity index (χ3v) is 1.33. The zero-order valence-electron chi connectivity index (χ0n) is 7.38. The number of nitrogens with zero attached hydrogens (tertiary/aromatic N) is 2. The van der Waals surface area contributed by atoms with Gasteiger partial charge in [0, 0.05) is 12.4 Å². The normalized spacial score (nSPS) is 9.14. The van der Waals surface area contributed by atoms with Crippen molar-refractivity contribution in [2.75, 3.05) is 0 Å². The number of rotatable bonds is 2. The van der Waals surface area contributed by atoms with Crippen LogP contribution in [0.3, 0.4) is 0 Å². The number of guanidine groups is 1. The Labute approximate surface area is 80.6 Å². The molecule has 1 heterocycles. The molecule has 0 saturated carbocycles. The number of carbonyl (C=O) groups is 1. The van der Waals surface area contributed by atoms with Crippen LogP contribution in [-0.2, 0) is 11.3 Å². The van der Waals surface area contributed by atoms with Gasteiger partial charge in [-0.05, 0) is 17.7 Å². The van der Waals surface area contributed by atoms with Crippen molar-refractivity contribution in [2.45, 2.75) is 6.61 Å². The lowest BCUT2D eigenvalue weighted by Crippen LogP contribution is -2.24. The van der Waals surface area contributed by atoms with Crippen molar-refractivity contribution in [1.82, 2.24) is 4.98 Å². The summed E-state index contributed by atoms with van der Waals surface area (Å²) in [4.78, 5) is 17.8. The molecule has 0 fully saturated rings. The van der Waals surface area contributed by atoms with Crippen LogP contribution in [0.15, 0.2) is 29.5 Å². The fourth-order valence-electron chi connectivity index (χ4n) is 0.762. The topological polar surface area (TPSA) is 104 Å². The van der Waals surface area contributed by atoms with Crippen LogP contribution in [0.5, 0.6) is 0 Å². The van der Waals surface area contributed by atoms with E-state index in [1.54, 1.807) is 24.5 Å². The van der Waals surface area contributed by atoms with E-state index in [1.165, 1.54) is 0 Å². The van der Waals surface area contributed by atoms with Crippen LogP contribution in [0, 0.1) is 0 Å². The van der Waals surface area contributed by atoms with E-state index in [0.29, 0.717) is 0 Å². The fraction of sp³-hybridized carbons (Fsp3) is 0.125. The van der Waals surface area contributed by atoms with Gasteiger partial charge in [-0.25, -0.2) is 4.79 Å². The maximum absolute atomic E-state index is 10.8. The maximum atomic E-state index is 10.8. The van der Waals surface area contributed by atoms with E-state index < -0.39 is 6.09 Å². The molecule has 1 rings (SSSR count). The molecule has 1 aromatic rings. The summed E-state index contributed by atoms with van der Waals surface area (Å²) in [5, 5.41) is 0. The molecule has 14 heavy (non-hydrogen) atoms. The number of aromatic nitrogens is 1. The van der Waals surface area contributed by atoms with Gasteiger partial charge in [0.25, 0.3) is 0 Å². The minimum Gasteiger partial charge on any atom is -0.443 e. The molecule has 1 aromatic heterocycles. The Morgan fingerprint density at radius 2 is 2.07 bits per heavy atom. The first kappa shape index (κ1) is 9.97. The smallest absolute Gasteiger partial charge is 0.437 e. The first-order valence-corrected chi connectivity index (χ1v) is 3.84. The van der Waals surface area contributed by atoms with E-state index in [2.05, 4.69) is 9.98 Å². The number of pyridine rings is 1. The second-order valence-corrected chi connectivity index (χ2v) is 2.45. The summed E-state index contributed by atoms with van der Waals surface area (Å²) in [5.74, 6) is -0.315. The fourth-order valence-corrected chi connectivity index (χ4v) is 0.762. The van der Waals surface area contributed by atoms with Crippen LogP contribution < -0.4 is 11.5 Å². The molecule has 0 aliphatic rings. The number of hydrogen-bond acceptors (Lipinski definition) is 3. The summed E-state index contributed by atoms with van der Waals surface area (Å²) in [5.41, 5.74) is 10.8. The Morgan fingerprint density at radius 1 is 1.43 bits per heavy atom. The SMILES string of the molecule is NC(N)=NC(=O)OCc1ccncc1. The molecule has 0 aliphatic carbocycles. The van der Waals surface area contributed by atoms with Gasteiger partial charge < -0.3 is 16.2 Å². The molecule has 0 atom stereocenters. The molecule has 0 aromatic carbocycles. The number of amides is 1. The minimum atomic E-state index is -0.804. The Bertz CT molecular complexity index is 332. The molecular weight excluding hydrogens is 184 g/mol. The van der Waals surface area contributed by atoms with E-state index in [1.807, 2.05) is 0 Å². The van der Waals surface area contributed by atoms with Crippen molar-refractivity contribution in [1.29, 1.82) is 0 Å². The van der Waals surface area contributed by atoms with Crippen LogP contribution in [0.2, 0.25) is 0 Å². The molecular formula is C8H10N4O2. The highest BCUT2D eigenvalue weighted by molar-refractivity contribution is 5.87. The molecule has 6 nitrogen and oxygen atoms in total. The van der Waals surface area contributed by atoms with Crippen molar-refractivity contribution in [3.8, 4) is 0 Å². The van der Waals surface area contributed by atoms with Crippen LogP contribution in [0.4, 0.5) is 4.79 Å². The van der Waals surface area contributed by atoms with Gasteiger partial charge in [-0.2, -0.15) is 0 Å². The van der Waals surface area contributed by atoms with Gasteiger partial charge in [-0.3, -0.25) is 4.98 Å². The third-order valence-electron chi connectivity index (χ3n) is 1.33. The molecule has 0 bridgehead atoms. The maximum Gasteiger partial charge on any atom is 0.437 e. The molecule has 0 spiro atoms. The summed E-state index contributed by atoms with van der Waals surface area (Å²) in [6.45, 7) is 0.123. The average Bonchev–Trinajstić information content (AvgIpc) is 2.15. The first-order chi connectivity index (χ1) is 6.68. The average molecular weight is 194 g/mol. The van der Waals surface area contributed by atoms with Crippen LogP contribution in [0.25, 0.3) is 0 Å². The standard InChI is InChI=1S/C8H10N4O2/c9-7(10)12-8(13)14-5-6-1-3-11-4-2-6/h1-4H,5H2,(H4,9,10,12,13). The van der Waals surface area contributed by atoms with Crippen molar-refractivity contribution in [3.63, 3.8) is 0 Å². The van der Waals surface area contributed by atoms with Gasteiger partial charge in [-0.1, -0.05) is 0 Å². The van der Waals surface area contributed by atoms with Crippen molar-refractivity contribution >= 4 is 12.1 Å². The highest BCUT2D eigenvalue weighted by Gasteiger charge is 2.00. The van der Waals surface area contributed by atoms with Gasteiger partial charge in [0.15, 0.2) is 5.96 Å². The lowest BCUT2D eigenvalue weighted by molar-refractivity contribution is 0.150. The van der Waals surface area contributed by atoms with E-state index >= 15 is 0 Å². The lowest BCUT2D eigenvalue weighted by atomic mass is 10.3. The summed E-state index contributed by atoms with van der Waals surface area (Å²) in [6.07, 6.45) is 2.40. The van der Waals surface area contributed by atoms with E-state index in [4.69, 9.17) is 16.2 Å². The monoisotopic (exact) mass is 194 g/mol. The van der Waals surface area contributed by atoms with Crippen LogP contribution in [0.1, 0.15) is 5.56 Å². The van der Waals surface area contributed by atoms with E-state index in [-0.39, 0.29) is 12.6 Å². The van der Waals surface area contributed by atoms with Gasteiger partial charge >= 0.3 is 6.09 Å². The van der Waals surface area contributed by atoms with Crippen molar-refractivity contribution in [2.24, 2.45) is 16.5 Å². The van der Waals surface area contributed by atoms with Gasteiger partial charge in [0.1, 0.15) is 6.61 Å². The summed E-state index contributed by atoms with van der Waals surface area (Å²) >= 11 is 0. The lowest BCUT2D eigenvalue weighted by Gasteiger charge is -2.00. The number of hydrogen-bond donors (Lipinski definition) is 2. The number of nitrogens with two attached hydrogens (primary N) is 2. The second kappa shape index (κ2) is 4.80. The number of carbonyl (C=O) groups excluding carboxylic acids is 1. The van der Waals surface area contributed by atoms with Gasteiger partial charge in [-0.15, -0.1) is 4.99 Å². The minimum absolute atomic E-state index is 0.123. The quantitative estimate of drug-likeness (QED) is 0.509. The Morgan fingerprint density at radius 3 is 2.64 bits per heavy atom. The zero-order chi connectivity index (χ0) is 10.4. The molecule has 6 heteroatoms. The summed E-state index contributed by atoms with van der Waals surface area (Å²) in [7, 11) is 0. The predicted octanol–water partition coefficient (Wildman–Crippen LogP) is -0.00840. The Balaban J connectivity index is 2.42. The zero-order valence-corrected chi connectivity index (χ0v) is 7.38. The summed E-state index contributed by atoms with van der Waals surface area (Å²) < 4.78 is 4.72. The van der Waals surface area contributed by atoms with Crippen LogP contribution >= 0.6 is 0 Å². The highest BCUT2D eigenvalue weighted by atomic mass is 16.5. The molecule has 0 unspecified atom stereocenters. The Hall–Kier alpha value is -2.11. The van der Waals surface area contributed by atoms with Crippen LogP contribution in [-0.4, -0.2) is 17.0 Å². The van der Waals surface area contributed by atoms with Crippen molar-refractivity contribution in [3.05, 3.63) is 30.1 Å². The highest BCUT2D eigenvalue weighted by Crippen LogP contribution is 1.99. The first-order valence-electron chi connectivity index (χ1n) is 3.84. The molecule has 0 saturated heterocycles. The van der Waals surface area contributed by atoms with Gasteiger partial charge in [0.05, 0.1) is 0 Å². The predicted molar refractivity (Wildman–Crippen MR) is 50.2 cm³/mol. The largest absolute Gasteiger partial charge is 0.443 e. The molecule has 74 valence electrons. The van der Waals surface area contributed by atoms with Gasteiger partial charge in [0.2, 0.25) is 0 Å². The summed E-state index contributed by atoms with van der Waals surface area (Å²) in [6, 6.07) is 3.45. The Kier molecular flexibility index (Phi) is 3.42. The van der Waals surface area contributed by atoms with E-state index in [9.17, 15) is 4.79 Å². The molecule has 4 N–H and O–H groups in total. The molecule has 0 radical (unpaired) electrons. The third kappa shape index (κ3) is 3.53. The second-order valence-electron chi connectivity index (χ2n) is 2.45. The molecule has 0 aliphatic heterocycles. The van der Waals surface area contributed by atoms with Crippen molar-refractivity contribution < 1.29 is 9.53 Å². The molecule has 1 amide bonds. The number of ether oxygens (including phenoxy) is 1. The number of aliphatic imine (C=N–C) groups is 1.